The Morgan fingerprint density at radius 2 is 2.06 bits per heavy atom. The highest BCUT2D eigenvalue weighted by Crippen LogP contribution is 2.37. The molecule has 1 rings (SSSR count). The first-order valence-corrected chi connectivity index (χ1v) is 6.40. The maximum Gasteiger partial charge on any atom is 0.573 e. The van der Waals surface area contributed by atoms with Gasteiger partial charge in [-0.1, -0.05) is 22.0 Å². The number of halogens is 5. The van der Waals surface area contributed by atoms with Gasteiger partial charge in [0.2, 0.25) is 0 Å². The number of ketones is 1. The van der Waals surface area contributed by atoms with E-state index in [1.165, 1.54) is 19.1 Å². The number of ether oxygens (including phenoxy) is 1. The summed E-state index contributed by atoms with van der Waals surface area (Å²) in [5.41, 5.74) is 0.193. The maximum atomic E-state index is 12.2. The van der Waals surface area contributed by atoms with E-state index in [2.05, 4.69) is 20.7 Å². The third kappa shape index (κ3) is 4.13. The van der Waals surface area contributed by atoms with Crippen LogP contribution in [0.4, 0.5) is 13.2 Å². The number of hydrogen-bond acceptors (Lipinski definition) is 2. The van der Waals surface area contributed by atoms with Crippen LogP contribution in [0.25, 0.3) is 0 Å². The van der Waals surface area contributed by atoms with Crippen LogP contribution in [0.3, 0.4) is 0 Å². The zero-order valence-corrected chi connectivity index (χ0v) is 12.3. The highest BCUT2D eigenvalue weighted by molar-refractivity contribution is 14.1. The van der Waals surface area contributed by atoms with Gasteiger partial charge < -0.3 is 4.74 Å². The highest BCUT2D eigenvalue weighted by Gasteiger charge is 2.33. The van der Waals surface area contributed by atoms with Gasteiger partial charge in [-0.25, -0.2) is 0 Å². The first-order valence-electron chi connectivity index (χ1n) is 4.41. The molecule has 1 atom stereocenters. The molecule has 0 fully saturated rings. The Hall–Kier alpha value is -0.310. The van der Waals surface area contributed by atoms with Crippen LogP contribution in [-0.4, -0.2) is 12.1 Å². The predicted molar refractivity (Wildman–Crippen MR) is 68.2 cm³/mol. The third-order valence-corrected chi connectivity index (χ3v) is 3.89. The minimum absolute atomic E-state index is 0.193. The molecule has 0 heterocycles. The van der Waals surface area contributed by atoms with Crippen LogP contribution in [-0.2, 0) is 4.79 Å². The number of benzene rings is 1. The van der Waals surface area contributed by atoms with Crippen molar-refractivity contribution in [3.05, 3.63) is 27.3 Å². The van der Waals surface area contributed by atoms with Crippen LogP contribution in [0.15, 0.2) is 18.2 Å². The molecule has 0 saturated heterocycles. The lowest BCUT2D eigenvalue weighted by molar-refractivity contribution is -0.274. The lowest BCUT2D eigenvalue weighted by Gasteiger charge is -2.16. The van der Waals surface area contributed by atoms with Crippen molar-refractivity contribution in [3.8, 4) is 5.75 Å². The Bertz CT molecular complexity index is 434. The van der Waals surface area contributed by atoms with Crippen molar-refractivity contribution in [2.24, 2.45) is 0 Å². The van der Waals surface area contributed by atoms with E-state index in [0.29, 0.717) is 3.57 Å². The fourth-order valence-corrected chi connectivity index (χ4v) is 2.87. The van der Waals surface area contributed by atoms with Gasteiger partial charge in [0.15, 0.2) is 0 Å². The molecule has 0 aliphatic rings. The Balaban J connectivity index is 3.22. The molecule has 17 heavy (non-hydrogen) atoms. The van der Waals surface area contributed by atoms with Gasteiger partial charge in [0, 0.05) is 9.13 Å². The van der Waals surface area contributed by atoms with Gasteiger partial charge in [0.25, 0.3) is 0 Å². The summed E-state index contributed by atoms with van der Waals surface area (Å²) in [6.45, 7) is 1.29. The van der Waals surface area contributed by atoms with Gasteiger partial charge in [0.1, 0.15) is 16.4 Å². The molecule has 0 aromatic heterocycles. The second-order valence-electron chi connectivity index (χ2n) is 3.17. The van der Waals surface area contributed by atoms with Gasteiger partial charge in [0.05, 0.1) is 0 Å². The molecule has 1 unspecified atom stereocenters. The van der Waals surface area contributed by atoms with Crippen LogP contribution in [0.1, 0.15) is 17.3 Å². The molecule has 94 valence electrons. The molecule has 1 aromatic carbocycles. The Kier molecular flexibility index (Phi) is 4.82. The molecule has 1 aromatic rings. The summed E-state index contributed by atoms with van der Waals surface area (Å²) >= 11 is 4.91. The number of rotatable bonds is 3. The van der Waals surface area contributed by atoms with Crippen molar-refractivity contribution in [2.75, 3.05) is 0 Å². The lowest BCUT2D eigenvalue weighted by atomic mass is 10.1. The van der Waals surface area contributed by atoms with Gasteiger partial charge in [-0.3, -0.25) is 4.79 Å². The normalized spacial score (nSPS) is 13.3. The zero-order valence-electron chi connectivity index (χ0n) is 8.52. The summed E-state index contributed by atoms with van der Waals surface area (Å²) < 4.78 is 41.0. The first-order chi connectivity index (χ1) is 7.72. The highest BCUT2D eigenvalue weighted by atomic mass is 127. The summed E-state index contributed by atoms with van der Waals surface area (Å²) in [5.74, 6) is -0.650. The Morgan fingerprint density at radius 1 is 1.47 bits per heavy atom. The molecule has 0 aliphatic heterocycles. The average Bonchev–Trinajstić information content (AvgIpc) is 2.14. The molecule has 0 saturated carbocycles. The second kappa shape index (κ2) is 5.55. The quantitative estimate of drug-likeness (QED) is 0.538. The minimum atomic E-state index is -4.78. The molecule has 0 spiro atoms. The fraction of sp³-hybridized carbons (Fsp3) is 0.300. The smallest absolute Gasteiger partial charge is 0.405 e. The van der Waals surface area contributed by atoms with Crippen LogP contribution in [0, 0.1) is 3.57 Å². The average molecular weight is 423 g/mol. The molecular formula is C10H7BrF3IO2. The molecule has 7 heteroatoms. The summed E-state index contributed by atoms with van der Waals surface area (Å²) in [6.07, 6.45) is -4.78. The van der Waals surface area contributed by atoms with Gasteiger partial charge >= 0.3 is 6.36 Å². The van der Waals surface area contributed by atoms with Crippen LogP contribution in [0.5, 0.6) is 5.75 Å². The Labute approximate surface area is 118 Å². The van der Waals surface area contributed by atoms with Crippen LogP contribution < -0.4 is 4.74 Å². The SMILES string of the molecule is CC(=O)C(Br)c1c(I)cccc1OC(F)(F)F. The maximum absolute atomic E-state index is 12.2. The fourth-order valence-electron chi connectivity index (χ4n) is 1.18. The second-order valence-corrected chi connectivity index (χ2v) is 5.25. The standard InChI is InChI=1S/C10H7BrF3IO2/c1-5(16)9(11)8-6(15)3-2-4-7(8)17-10(12,13)14/h2-4,9H,1H3. The molecule has 0 amide bonds. The van der Waals surface area contributed by atoms with E-state index in [4.69, 9.17) is 0 Å². The van der Waals surface area contributed by atoms with Crippen molar-refractivity contribution < 1.29 is 22.7 Å². The van der Waals surface area contributed by atoms with E-state index in [0.717, 1.165) is 0 Å². The minimum Gasteiger partial charge on any atom is -0.405 e. The molecule has 0 radical (unpaired) electrons. The molecule has 0 N–H and O–H groups in total. The summed E-state index contributed by atoms with van der Waals surface area (Å²) in [6, 6.07) is 4.23. The molecular weight excluding hydrogens is 416 g/mol. The van der Waals surface area contributed by atoms with Crippen molar-refractivity contribution in [2.45, 2.75) is 18.1 Å². The van der Waals surface area contributed by atoms with Crippen molar-refractivity contribution in [1.29, 1.82) is 0 Å². The van der Waals surface area contributed by atoms with Crippen LogP contribution >= 0.6 is 38.5 Å². The van der Waals surface area contributed by atoms with E-state index < -0.39 is 11.2 Å². The van der Waals surface area contributed by atoms with E-state index in [-0.39, 0.29) is 17.1 Å². The summed E-state index contributed by atoms with van der Waals surface area (Å²) in [4.78, 5) is 10.4. The van der Waals surface area contributed by atoms with Crippen molar-refractivity contribution >= 4 is 44.3 Å². The van der Waals surface area contributed by atoms with Gasteiger partial charge in [-0.05, 0) is 41.6 Å². The predicted octanol–water partition coefficient (Wildman–Crippen LogP) is 4.21. The number of carbonyl (C=O) groups excluding carboxylic acids is 1. The number of carbonyl (C=O) groups is 1. The van der Waals surface area contributed by atoms with Crippen molar-refractivity contribution in [3.63, 3.8) is 0 Å². The third-order valence-electron chi connectivity index (χ3n) is 1.85. The van der Waals surface area contributed by atoms with E-state index in [1.54, 1.807) is 6.07 Å². The number of Topliss-reactive ketones (excluding diaryl/α,β-unsaturated/α-hetero) is 1. The summed E-state index contributed by atoms with van der Waals surface area (Å²) in [7, 11) is 0. The largest absolute Gasteiger partial charge is 0.573 e. The summed E-state index contributed by atoms with van der Waals surface area (Å²) in [5, 5.41) is 0. The number of alkyl halides is 4. The molecule has 0 bridgehead atoms. The first kappa shape index (κ1) is 14.7. The van der Waals surface area contributed by atoms with Gasteiger partial charge in [-0.2, -0.15) is 0 Å². The molecule has 2 nitrogen and oxygen atoms in total. The zero-order chi connectivity index (χ0) is 13.2. The Morgan fingerprint density at radius 3 is 2.53 bits per heavy atom. The van der Waals surface area contributed by atoms with E-state index >= 15 is 0 Å². The molecule has 0 aliphatic carbocycles. The van der Waals surface area contributed by atoms with E-state index in [1.807, 2.05) is 22.6 Å². The van der Waals surface area contributed by atoms with E-state index in [9.17, 15) is 18.0 Å². The lowest BCUT2D eigenvalue weighted by Crippen LogP contribution is -2.19. The van der Waals surface area contributed by atoms with Crippen molar-refractivity contribution in [1.82, 2.24) is 0 Å². The van der Waals surface area contributed by atoms with Crippen LogP contribution in [0.2, 0.25) is 0 Å². The topological polar surface area (TPSA) is 26.3 Å². The monoisotopic (exact) mass is 422 g/mol. The number of hydrogen-bond donors (Lipinski definition) is 0. The van der Waals surface area contributed by atoms with Gasteiger partial charge in [-0.15, -0.1) is 13.2 Å².